The van der Waals surface area contributed by atoms with E-state index >= 15 is 4.39 Å². The Labute approximate surface area is 333 Å². The second-order valence-electron chi connectivity index (χ2n) is 18.7. The maximum Gasteiger partial charge on any atom is 0.407 e. The Morgan fingerprint density at radius 1 is 1.09 bits per heavy atom. The lowest BCUT2D eigenvalue weighted by atomic mass is 9.86. The van der Waals surface area contributed by atoms with Crippen molar-refractivity contribution in [2.24, 2.45) is 11.3 Å². The van der Waals surface area contributed by atoms with Crippen LogP contribution in [0.3, 0.4) is 0 Å². The molecule has 2 aromatic rings. The van der Waals surface area contributed by atoms with Crippen LogP contribution < -0.4 is 20.1 Å². The molecular formula is C42H54FN5O8S. The number of para-hydroxylation sites is 1. The number of ether oxygens (including phenoxy) is 2. The first-order valence-electron chi connectivity index (χ1n) is 20.5. The molecule has 3 aliphatic carbocycles. The summed E-state index contributed by atoms with van der Waals surface area (Å²) in [6.45, 7) is 7.54. The van der Waals surface area contributed by atoms with Crippen LogP contribution in [0, 0.1) is 17.2 Å². The number of alkyl carbamates (subject to hydrolysis) is 1. The van der Waals surface area contributed by atoms with Crippen molar-refractivity contribution in [3.8, 4) is 5.75 Å². The van der Waals surface area contributed by atoms with Gasteiger partial charge in [0.1, 0.15) is 40.3 Å². The zero-order valence-electron chi connectivity index (χ0n) is 33.2. The molecule has 3 N–H and O–H groups in total. The summed E-state index contributed by atoms with van der Waals surface area (Å²) in [6.07, 6.45) is 10.1. The number of aryl methyl sites for hydroxylation is 1. The lowest BCUT2D eigenvalue weighted by molar-refractivity contribution is -0.141. The minimum Gasteiger partial charge on any atom is -0.483 e. The van der Waals surface area contributed by atoms with Crippen LogP contribution in [0.2, 0.25) is 0 Å². The molecule has 0 unspecified atom stereocenters. The number of nitrogens with one attached hydrogen (secondary N) is 3. The number of hydrogen-bond donors (Lipinski definition) is 3. The fraction of sp³-hybridized carbons (Fsp3) is 0.643. The van der Waals surface area contributed by atoms with Gasteiger partial charge in [0.2, 0.25) is 21.8 Å². The number of fused-ring (bicyclic) bond motifs is 5. The monoisotopic (exact) mass is 807 g/mol. The summed E-state index contributed by atoms with van der Waals surface area (Å²) < 4.78 is 55.3. The first kappa shape index (κ1) is 39.6. The Bertz CT molecular complexity index is 2150. The molecule has 0 bridgehead atoms. The molecule has 4 heterocycles. The van der Waals surface area contributed by atoms with Crippen molar-refractivity contribution in [3.05, 3.63) is 47.4 Å². The third-order valence-corrected chi connectivity index (χ3v) is 14.9. The Morgan fingerprint density at radius 2 is 1.86 bits per heavy atom. The van der Waals surface area contributed by atoms with E-state index in [1.165, 1.54) is 11.0 Å². The highest BCUT2D eigenvalue weighted by molar-refractivity contribution is 7.91. The van der Waals surface area contributed by atoms with Gasteiger partial charge in [0.15, 0.2) is 0 Å². The Hall–Kier alpha value is -4.27. The van der Waals surface area contributed by atoms with Gasteiger partial charge in [0.05, 0.1) is 23.6 Å². The molecule has 15 heteroatoms. The van der Waals surface area contributed by atoms with E-state index in [0.29, 0.717) is 67.3 Å². The summed E-state index contributed by atoms with van der Waals surface area (Å²) in [4.78, 5) is 62.9. The van der Waals surface area contributed by atoms with Crippen LogP contribution >= 0.6 is 0 Å². The number of allylic oxidation sites excluding steroid dienone is 1. The van der Waals surface area contributed by atoms with Crippen LogP contribution in [0.5, 0.6) is 5.75 Å². The number of hydrogen-bond acceptors (Lipinski definition) is 9. The van der Waals surface area contributed by atoms with Crippen LogP contribution in [0.1, 0.15) is 122 Å². The topological polar surface area (TPSA) is 173 Å². The van der Waals surface area contributed by atoms with Crippen molar-refractivity contribution in [1.29, 1.82) is 0 Å². The smallest absolute Gasteiger partial charge is 0.407 e. The van der Waals surface area contributed by atoms with E-state index in [1.807, 2.05) is 39.0 Å². The van der Waals surface area contributed by atoms with Gasteiger partial charge < -0.3 is 25.0 Å². The van der Waals surface area contributed by atoms with Gasteiger partial charge in [-0.2, -0.15) is 0 Å². The lowest BCUT2D eigenvalue weighted by Gasteiger charge is -2.37. The molecule has 3 aliphatic heterocycles. The molecule has 4 amide bonds. The number of aromatic nitrogens is 1. The van der Waals surface area contributed by atoms with E-state index in [1.54, 1.807) is 13.0 Å². The van der Waals surface area contributed by atoms with Crippen molar-refractivity contribution < 1.29 is 41.5 Å². The predicted octanol–water partition coefficient (Wildman–Crippen LogP) is 5.45. The molecule has 5 atom stereocenters. The van der Waals surface area contributed by atoms with Gasteiger partial charge in [-0.3, -0.25) is 19.1 Å². The van der Waals surface area contributed by atoms with Crippen molar-refractivity contribution >= 4 is 44.7 Å². The minimum absolute atomic E-state index is 0.0130. The summed E-state index contributed by atoms with van der Waals surface area (Å²) in [5.74, 6) is -2.05. The molecule has 308 valence electrons. The number of pyridine rings is 1. The number of amides is 4. The molecule has 13 nitrogen and oxygen atoms in total. The normalized spacial score (nSPS) is 30.4. The largest absolute Gasteiger partial charge is 0.483 e. The summed E-state index contributed by atoms with van der Waals surface area (Å²) in [5, 5.41) is 6.41. The van der Waals surface area contributed by atoms with Crippen LogP contribution in [0.4, 0.5) is 9.18 Å². The number of benzene rings is 1. The van der Waals surface area contributed by atoms with Crippen LogP contribution in [0.15, 0.2) is 30.4 Å². The Morgan fingerprint density at radius 3 is 2.58 bits per heavy atom. The molecule has 1 aromatic heterocycles. The third kappa shape index (κ3) is 7.72. The molecule has 6 aliphatic rings. The van der Waals surface area contributed by atoms with E-state index in [9.17, 15) is 27.6 Å². The summed E-state index contributed by atoms with van der Waals surface area (Å²) >= 11 is 0. The average molecular weight is 808 g/mol. The van der Waals surface area contributed by atoms with Gasteiger partial charge >= 0.3 is 6.09 Å². The molecule has 0 radical (unpaired) electrons. The quantitative estimate of drug-likeness (QED) is 0.321. The highest BCUT2D eigenvalue weighted by Gasteiger charge is 2.64. The number of carbonyl (C=O) groups is 4. The fourth-order valence-electron chi connectivity index (χ4n) is 8.64. The van der Waals surface area contributed by atoms with Gasteiger partial charge in [-0.05, 0) is 82.6 Å². The molecule has 1 aromatic carbocycles. The Kier molecular flexibility index (Phi) is 9.87. The van der Waals surface area contributed by atoms with E-state index in [2.05, 4.69) is 15.4 Å². The van der Waals surface area contributed by atoms with E-state index in [4.69, 9.17) is 14.5 Å². The van der Waals surface area contributed by atoms with Gasteiger partial charge in [-0.25, -0.2) is 22.6 Å². The summed E-state index contributed by atoms with van der Waals surface area (Å²) in [7, 11) is -4.01. The van der Waals surface area contributed by atoms with Crippen molar-refractivity contribution in [1.82, 2.24) is 25.2 Å². The minimum atomic E-state index is -4.01. The summed E-state index contributed by atoms with van der Waals surface area (Å²) in [6, 6.07) is 2.75. The van der Waals surface area contributed by atoms with E-state index in [-0.39, 0.29) is 37.3 Å². The zero-order chi connectivity index (χ0) is 40.5. The third-order valence-electron chi connectivity index (χ3n) is 12.7. The maximum absolute atomic E-state index is 15.1. The van der Waals surface area contributed by atoms with Gasteiger partial charge in [-0.15, -0.1) is 0 Å². The summed E-state index contributed by atoms with van der Waals surface area (Å²) in [5.41, 5.74) is -1.05. The molecule has 3 saturated carbocycles. The molecule has 57 heavy (non-hydrogen) atoms. The van der Waals surface area contributed by atoms with Gasteiger partial charge in [-0.1, -0.05) is 57.9 Å². The molecule has 1 spiro atoms. The van der Waals surface area contributed by atoms with Crippen molar-refractivity contribution in [2.75, 3.05) is 13.2 Å². The van der Waals surface area contributed by atoms with Gasteiger partial charge in [0.25, 0.3) is 5.91 Å². The number of halogens is 1. The lowest BCUT2D eigenvalue weighted by Crippen LogP contribution is -2.58. The molecule has 1 saturated heterocycles. The van der Waals surface area contributed by atoms with E-state index < -0.39 is 73.5 Å². The van der Waals surface area contributed by atoms with Crippen molar-refractivity contribution in [3.63, 3.8) is 0 Å². The second-order valence-corrected chi connectivity index (χ2v) is 20.9. The van der Waals surface area contributed by atoms with Crippen molar-refractivity contribution in [2.45, 2.75) is 145 Å². The first-order chi connectivity index (χ1) is 26.9. The van der Waals surface area contributed by atoms with Crippen LogP contribution in [-0.4, -0.2) is 83.2 Å². The fourth-order valence-corrected chi connectivity index (χ4v) is 9.95. The van der Waals surface area contributed by atoms with Gasteiger partial charge in [0, 0.05) is 29.2 Å². The predicted molar refractivity (Wildman–Crippen MR) is 209 cm³/mol. The SMILES string of the molecule is CC(C)(C)COC(=O)N[C@H]1CCCCC/C=C\[C@@H]2C[C@@]2(C(=O)NS(=O)(=O)C2(C)CC2)NC(=O)[C@@H]2C[C@]3(CCc4c(c(C5CC5)nc5c(F)cccc45)O3)CN2C1=O. The number of sulfonamides is 1. The highest BCUT2D eigenvalue weighted by atomic mass is 32.2. The number of carbonyl (C=O) groups excluding carboxylic acids is 4. The molecule has 8 rings (SSSR count). The Balaban J connectivity index is 1.14. The first-order valence-corrected chi connectivity index (χ1v) is 22.0. The van der Waals surface area contributed by atoms with Crippen LogP contribution in [0.25, 0.3) is 10.9 Å². The maximum atomic E-state index is 15.1. The highest BCUT2D eigenvalue weighted by Crippen LogP contribution is 2.52. The number of rotatable bonds is 6. The number of nitrogens with zero attached hydrogens (tertiary/aromatic N) is 2. The average Bonchev–Trinajstić information content (AvgIpc) is 4.09. The zero-order valence-corrected chi connectivity index (χ0v) is 34.1. The van der Waals surface area contributed by atoms with Crippen LogP contribution in [-0.2, 0) is 35.6 Å². The molecular weight excluding hydrogens is 754 g/mol. The molecule has 4 fully saturated rings. The standard InChI is InChI=1S/C42H54FN5O8S/c1-39(2,3)24-55-38(52)44-30-14-9-7-5-6-8-11-26-21-42(26,37(51)47-57(53,54)40(4)19-20-40)46-35(49)31-22-41(23-48(31)36(30)50)18-17-28-27-12-10-13-29(43)33(27)45-32(25-15-16-25)34(28)56-41/h8,10-13,25-26,30-31H,5-7,9,14-24H2,1-4H3,(H,44,52)(H,46,49)(H,47,51)/b11-8-/t26-,30+,31+,41-,42-/m1/s1. The second kappa shape index (κ2) is 14.2. The van der Waals surface area contributed by atoms with E-state index in [0.717, 1.165) is 31.2 Å².